The first kappa shape index (κ1) is 16.5. The fourth-order valence-corrected chi connectivity index (χ4v) is 1.38. The van der Waals surface area contributed by atoms with Gasteiger partial charge in [-0.15, -0.1) is 13.2 Å². The van der Waals surface area contributed by atoms with E-state index in [4.69, 9.17) is 0 Å². The Morgan fingerprint density at radius 2 is 2.10 bits per heavy atom. The Hall–Kier alpha value is -2.59. The van der Waals surface area contributed by atoms with Crippen LogP contribution < -0.4 is 10.3 Å². The van der Waals surface area contributed by atoms with E-state index in [9.17, 15) is 32.9 Å². The molecule has 0 aromatic carbocycles. The van der Waals surface area contributed by atoms with Gasteiger partial charge in [0.1, 0.15) is 0 Å². The molecule has 0 aliphatic rings. The van der Waals surface area contributed by atoms with Crippen molar-refractivity contribution in [1.82, 2.24) is 4.98 Å². The van der Waals surface area contributed by atoms with Crippen LogP contribution in [-0.2, 0) is 16.0 Å². The van der Waals surface area contributed by atoms with Crippen molar-refractivity contribution in [2.75, 3.05) is 6.61 Å². The number of nitro groups is 1. The van der Waals surface area contributed by atoms with Crippen LogP contribution in [-0.4, -0.2) is 28.8 Å². The van der Waals surface area contributed by atoms with Crippen molar-refractivity contribution in [3.8, 4) is 5.75 Å². The SMILES string of the molecule is CCOC(=O)Cc1cc(OC(F)(F)F)c([N+](=O)[O-])[nH]c1=O. The van der Waals surface area contributed by atoms with Gasteiger partial charge in [0.15, 0.2) is 0 Å². The molecule has 1 heterocycles. The molecule has 0 saturated carbocycles. The van der Waals surface area contributed by atoms with Crippen LogP contribution in [0.5, 0.6) is 5.75 Å². The molecule has 0 saturated heterocycles. The maximum atomic E-state index is 12.2. The van der Waals surface area contributed by atoms with Gasteiger partial charge in [0.2, 0.25) is 5.75 Å². The minimum Gasteiger partial charge on any atom is -0.466 e. The predicted molar refractivity (Wildman–Crippen MR) is 60.7 cm³/mol. The molecule has 0 spiro atoms. The zero-order valence-electron chi connectivity index (χ0n) is 10.5. The molecule has 1 rings (SSSR count). The molecule has 0 bridgehead atoms. The van der Waals surface area contributed by atoms with Gasteiger partial charge in [-0.3, -0.25) is 4.79 Å². The average molecular weight is 310 g/mol. The number of carbonyl (C=O) groups excluding carboxylic acids is 1. The molecule has 1 aromatic heterocycles. The predicted octanol–water partition coefficient (Wildman–Crippen LogP) is 1.29. The Morgan fingerprint density at radius 1 is 1.48 bits per heavy atom. The average Bonchev–Trinajstić information content (AvgIpc) is 2.31. The number of halogens is 3. The zero-order valence-corrected chi connectivity index (χ0v) is 10.5. The number of ether oxygens (including phenoxy) is 2. The van der Waals surface area contributed by atoms with Crippen molar-refractivity contribution in [1.29, 1.82) is 0 Å². The van der Waals surface area contributed by atoms with Crippen molar-refractivity contribution in [2.45, 2.75) is 19.7 Å². The number of hydrogen-bond donors (Lipinski definition) is 1. The minimum atomic E-state index is -5.19. The van der Waals surface area contributed by atoms with Crippen molar-refractivity contribution in [3.63, 3.8) is 0 Å². The Labute approximate surface area is 114 Å². The summed E-state index contributed by atoms with van der Waals surface area (Å²) in [4.78, 5) is 33.7. The first-order valence-electron chi connectivity index (χ1n) is 5.46. The molecular weight excluding hydrogens is 301 g/mol. The van der Waals surface area contributed by atoms with Crippen LogP contribution in [0, 0.1) is 10.1 Å². The van der Waals surface area contributed by atoms with Crippen LogP contribution in [0.15, 0.2) is 10.9 Å². The van der Waals surface area contributed by atoms with Gasteiger partial charge in [0, 0.05) is 6.07 Å². The highest BCUT2D eigenvalue weighted by Gasteiger charge is 2.35. The molecule has 0 atom stereocenters. The molecule has 1 aromatic rings. The third-order valence-corrected chi connectivity index (χ3v) is 2.11. The van der Waals surface area contributed by atoms with Crippen LogP contribution in [0.25, 0.3) is 0 Å². The van der Waals surface area contributed by atoms with Crippen molar-refractivity contribution >= 4 is 11.8 Å². The maximum Gasteiger partial charge on any atom is 0.573 e. The van der Waals surface area contributed by atoms with Gasteiger partial charge in [0.05, 0.1) is 18.6 Å². The topological polar surface area (TPSA) is 112 Å². The summed E-state index contributed by atoms with van der Waals surface area (Å²) in [6.45, 7) is 1.51. The lowest BCUT2D eigenvalue weighted by Crippen LogP contribution is -2.23. The van der Waals surface area contributed by atoms with Crippen molar-refractivity contribution in [3.05, 3.63) is 32.1 Å². The fourth-order valence-electron chi connectivity index (χ4n) is 1.38. The third-order valence-electron chi connectivity index (χ3n) is 2.11. The second kappa shape index (κ2) is 6.24. The van der Waals surface area contributed by atoms with Gasteiger partial charge >= 0.3 is 23.7 Å². The first-order valence-corrected chi connectivity index (χ1v) is 5.46. The summed E-state index contributed by atoms with van der Waals surface area (Å²) in [7, 11) is 0. The number of H-pyrrole nitrogens is 1. The fraction of sp³-hybridized carbons (Fsp3) is 0.400. The van der Waals surface area contributed by atoms with Crippen molar-refractivity contribution < 1.29 is 32.4 Å². The molecule has 21 heavy (non-hydrogen) atoms. The van der Waals surface area contributed by atoms with Gasteiger partial charge in [0.25, 0.3) is 0 Å². The van der Waals surface area contributed by atoms with Gasteiger partial charge in [-0.1, -0.05) is 0 Å². The van der Waals surface area contributed by atoms with E-state index < -0.39 is 46.4 Å². The second-order valence-corrected chi connectivity index (χ2v) is 3.62. The Balaban J connectivity index is 3.23. The Bertz CT molecular complexity index is 610. The number of pyridine rings is 1. The molecule has 0 fully saturated rings. The molecule has 8 nitrogen and oxygen atoms in total. The number of carbonyl (C=O) groups is 1. The number of aromatic nitrogens is 1. The van der Waals surface area contributed by atoms with E-state index >= 15 is 0 Å². The van der Waals surface area contributed by atoms with E-state index in [0.29, 0.717) is 6.07 Å². The molecule has 0 amide bonds. The number of esters is 1. The third kappa shape index (κ3) is 4.78. The lowest BCUT2D eigenvalue weighted by molar-refractivity contribution is -0.393. The number of rotatable bonds is 5. The maximum absolute atomic E-state index is 12.2. The number of nitrogens with zero attached hydrogens (tertiary/aromatic N) is 1. The summed E-state index contributed by atoms with van der Waals surface area (Å²) < 4.78 is 44.5. The van der Waals surface area contributed by atoms with Crippen LogP contribution >= 0.6 is 0 Å². The summed E-state index contributed by atoms with van der Waals surface area (Å²) >= 11 is 0. The monoisotopic (exact) mass is 310 g/mol. The van der Waals surface area contributed by atoms with E-state index in [0.717, 1.165) is 0 Å². The molecule has 0 aliphatic heterocycles. The molecule has 1 N–H and O–H groups in total. The molecular formula is C10H9F3N2O6. The summed E-state index contributed by atoms with van der Waals surface area (Å²) in [5.74, 6) is -3.34. The van der Waals surface area contributed by atoms with E-state index in [1.807, 2.05) is 0 Å². The van der Waals surface area contributed by atoms with Crippen LogP contribution in [0.2, 0.25) is 0 Å². The second-order valence-electron chi connectivity index (χ2n) is 3.62. The highest BCUT2D eigenvalue weighted by atomic mass is 19.4. The Kier molecular flexibility index (Phi) is 4.89. The largest absolute Gasteiger partial charge is 0.573 e. The standard InChI is InChI=1S/C10H9F3N2O6/c1-2-20-7(16)4-5-3-6(21-10(11,12)13)8(15(18)19)14-9(5)17/h3H,2,4H2,1H3,(H,14,17). The van der Waals surface area contributed by atoms with Gasteiger partial charge in [-0.05, 0) is 11.8 Å². The summed E-state index contributed by atoms with van der Waals surface area (Å²) in [6, 6.07) is 0.487. The minimum absolute atomic E-state index is 0.00955. The van der Waals surface area contributed by atoms with Crippen LogP contribution in [0.3, 0.4) is 0 Å². The first-order chi connectivity index (χ1) is 9.64. The highest BCUT2D eigenvalue weighted by Crippen LogP contribution is 2.29. The summed E-state index contributed by atoms with van der Waals surface area (Å²) in [5.41, 5.74) is -1.53. The highest BCUT2D eigenvalue weighted by molar-refractivity contribution is 5.72. The molecule has 116 valence electrons. The number of nitrogens with one attached hydrogen (secondary N) is 1. The van der Waals surface area contributed by atoms with E-state index in [2.05, 4.69) is 9.47 Å². The van der Waals surface area contributed by atoms with E-state index in [1.165, 1.54) is 6.92 Å². The van der Waals surface area contributed by atoms with E-state index in [1.54, 1.807) is 4.98 Å². The number of hydrogen-bond acceptors (Lipinski definition) is 6. The molecule has 0 unspecified atom stereocenters. The lowest BCUT2D eigenvalue weighted by Gasteiger charge is -2.10. The number of alkyl halides is 3. The lowest BCUT2D eigenvalue weighted by atomic mass is 10.2. The van der Waals surface area contributed by atoms with Gasteiger partial charge in [-0.2, -0.15) is 4.98 Å². The van der Waals surface area contributed by atoms with E-state index in [-0.39, 0.29) is 6.61 Å². The summed E-state index contributed by atoms with van der Waals surface area (Å²) in [5, 5.41) is 10.6. The molecule has 0 radical (unpaired) electrons. The summed E-state index contributed by atoms with van der Waals surface area (Å²) in [6.07, 6.45) is -5.83. The Morgan fingerprint density at radius 3 is 2.57 bits per heavy atom. The quantitative estimate of drug-likeness (QED) is 0.498. The normalized spacial score (nSPS) is 11.0. The molecule has 11 heteroatoms. The van der Waals surface area contributed by atoms with Gasteiger partial charge < -0.3 is 19.6 Å². The van der Waals surface area contributed by atoms with Crippen molar-refractivity contribution in [2.24, 2.45) is 0 Å². The number of aromatic amines is 1. The zero-order chi connectivity index (χ0) is 16.2. The smallest absolute Gasteiger partial charge is 0.466 e. The molecule has 0 aliphatic carbocycles. The van der Waals surface area contributed by atoms with Crippen LogP contribution in [0.4, 0.5) is 19.0 Å². The van der Waals surface area contributed by atoms with Crippen LogP contribution in [0.1, 0.15) is 12.5 Å². The van der Waals surface area contributed by atoms with Gasteiger partial charge in [-0.25, -0.2) is 4.79 Å².